The second-order valence-corrected chi connectivity index (χ2v) is 1.47. The third kappa shape index (κ3) is 16.0. The molecular formula is C5H5CuLi2NS. The number of thiophene rings is 1. The molecule has 49 valence electrons. The van der Waals surface area contributed by atoms with Crippen molar-refractivity contribution < 1.29 is 57.6 Å². The fourth-order valence-corrected chi connectivity index (χ4v) is 0.589. The molecule has 0 aliphatic heterocycles. The molecular weight excluding hydrogens is 184 g/mol. The number of hydrogen-bond acceptors (Lipinski definition) is 2. The fraction of sp³-hybridized carbons (Fsp3) is 0. The Morgan fingerprint density at radius 3 is 2.00 bits per heavy atom. The molecule has 1 rings (SSSR count). The topological polar surface area (TPSA) is 23.8 Å². The van der Waals surface area contributed by atoms with Crippen molar-refractivity contribution >= 4 is 11.3 Å². The van der Waals surface area contributed by atoms with E-state index in [1.165, 1.54) is 0 Å². The smallest absolute Gasteiger partial charge is 1.00 e. The first-order valence-corrected chi connectivity index (χ1v) is 2.50. The quantitative estimate of drug-likeness (QED) is 0.300. The van der Waals surface area contributed by atoms with Gasteiger partial charge in [-0.1, -0.05) is 0 Å². The van der Waals surface area contributed by atoms with Crippen LogP contribution in [0.2, 0.25) is 0 Å². The summed E-state index contributed by atoms with van der Waals surface area (Å²) in [5, 5.41) is 11.1. The van der Waals surface area contributed by atoms with Gasteiger partial charge in [-0.05, 0) is 0 Å². The minimum absolute atomic E-state index is 0. The molecule has 0 aliphatic carbocycles. The van der Waals surface area contributed by atoms with E-state index >= 15 is 0 Å². The van der Waals surface area contributed by atoms with Crippen LogP contribution in [0.25, 0.3) is 0 Å². The van der Waals surface area contributed by atoms with Crippen LogP contribution >= 0.6 is 11.3 Å². The molecule has 0 saturated carbocycles. The maximum Gasteiger partial charge on any atom is 2.00 e. The van der Waals surface area contributed by atoms with E-state index in [-0.39, 0.29) is 57.6 Å². The minimum Gasteiger partial charge on any atom is -1.00 e. The standard InChI is InChI=1S/C4H3S.CN.Cu.2Li.2H/c1-2-4-5-3-1;1-2;;;;;/h1-3H;;;;;;/q2*-1;+2;2*+1;2*-1. The summed E-state index contributed by atoms with van der Waals surface area (Å²) in [5.41, 5.74) is 0. The Kier molecular flexibility index (Phi) is 50.5. The van der Waals surface area contributed by atoms with Crippen molar-refractivity contribution in [2.45, 2.75) is 0 Å². The van der Waals surface area contributed by atoms with Gasteiger partial charge in [0, 0.05) is 0 Å². The Morgan fingerprint density at radius 1 is 1.40 bits per heavy atom. The molecule has 1 heterocycles. The van der Waals surface area contributed by atoms with E-state index in [2.05, 4.69) is 5.38 Å². The molecule has 0 amide bonds. The average Bonchev–Trinajstić information content (AvgIpc) is 2.23. The van der Waals surface area contributed by atoms with Crippen LogP contribution in [0.5, 0.6) is 0 Å². The van der Waals surface area contributed by atoms with Crippen LogP contribution in [0.15, 0.2) is 17.5 Å². The van der Waals surface area contributed by atoms with E-state index in [0.29, 0.717) is 0 Å². The molecule has 10 heavy (non-hydrogen) atoms. The van der Waals surface area contributed by atoms with Gasteiger partial charge in [0.05, 0.1) is 0 Å². The van der Waals surface area contributed by atoms with Crippen LogP contribution in [0, 0.1) is 17.2 Å². The van der Waals surface area contributed by atoms with Crippen molar-refractivity contribution in [3.63, 3.8) is 0 Å². The molecule has 1 aromatic rings. The van der Waals surface area contributed by atoms with Crippen molar-refractivity contribution in [2.24, 2.45) is 0 Å². The summed E-state index contributed by atoms with van der Waals surface area (Å²) in [6, 6.07) is 3.86. The molecule has 1 nitrogen and oxygen atoms in total. The van der Waals surface area contributed by atoms with Crippen molar-refractivity contribution in [3.8, 4) is 0 Å². The Morgan fingerprint density at radius 2 is 1.90 bits per heavy atom. The summed E-state index contributed by atoms with van der Waals surface area (Å²) in [5.74, 6) is 0. The molecule has 0 saturated heterocycles. The van der Waals surface area contributed by atoms with Gasteiger partial charge in [-0.2, -0.15) is 11.4 Å². The van der Waals surface area contributed by atoms with Gasteiger partial charge in [0.2, 0.25) is 0 Å². The molecule has 0 bridgehead atoms. The van der Waals surface area contributed by atoms with E-state index in [0.717, 1.165) is 0 Å². The van der Waals surface area contributed by atoms with Gasteiger partial charge < -0.3 is 26.0 Å². The maximum absolute atomic E-state index is 6.25. The first-order chi connectivity index (χ1) is 3.50. The number of rotatable bonds is 0. The molecule has 5 heteroatoms. The van der Waals surface area contributed by atoms with Crippen LogP contribution in [0.3, 0.4) is 0 Å². The van der Waals surface area contributed by atoms with E-state index in [1.54, 1.807) is 11.3 Å². The molecule has 0 unspecified atom stereocenters. The van der Waals surface area contributed by atoms with Gasteiger partial charge in [0.1, 0.15) is 0 Å². The van der Waals surface area contributed by atoms with Gasteiger partial charge in [0.15, 0.2) is 0 Å². The largest absolute Gasteiger partial charge is 2.00 e. The molecule has 0 aliphatic rings. The summed E-state index contributed by atoms with van der Waals surface area (Å²) < 4.78 is 0. The van der Waals surface area contributed by atoms with Gasteiger partial charge in [0.25, 0.3) is 0 Å². The van der Waals surface area contributed by atoms with Gasteiger partial charge in [-0.25, -0.2) is 6.07 Å². The Balaban J connectivity index is -0.0000000122. The number of nitrogens with zero attached hydrogens (tertiary/aromatic N) is 1. The maximum atomic E-state index is 6.25. The van der Waals surface area contributed by atoms with Crippen molar-refractivity contribution in [1.82, 2.24) is 0 Å². The molecule has 0 fully saturated rings. The second kappa shape index (κ2) is 22.5. The molecule has 0 aromatic carbocycles. The average molecular weight is 189 g/mol. The monoisotopic (exact) mass is 188 g/mol. The molecule has 1 radical (unpaired) electrons. The zero-order chi connectivity index (χ0) is 5.54. The van der Waals surface area contributed by atoms with Crippen LogP contribution in [-0.4, -0.2) is 0 Å². The SMILES string of the molecule is [C-]#N.[Cu+2].[H-].[H-].[Li+].[Li+].[c-]1cccs1. The molecule has 0 atom stereocenters. The zero-order valence-corrected chi connectivity index (χ0v) is 7.65. The molecule has 0 N–H and O–H groups in total. The van der Waals surface area contributed by atoms with Gasteiger partial charge in [-0.3, -0.25) is 0 Å². The first-order valence-electron chi connectivity index (χ1n) is 1.62. The fourth-order valence-electron chi connectivity index (χ4n) is 0.196. The summed E-state index contributed by atoms with van der Waals surface area (Å²) in [6.07, 6.45) is 0. The summed E-state index contributed by atoms with van der Waals surface area (Å²) in [4.78, 5) is 0. The van der Waals surface area contributed by atoms with E-state index < -0.39 is 0 Å². The Hall–Kier alpha value is 0.904. The summed E-state index contributed by atoms with van der Waals surface area (Å²) >= 11 is 1.59. The van der Waals surface area contributed by atoms with Crippen LogP contribution in [0.1, 0.15) is 2.85 Å². The first kappa shape index (κ1) is 22.4. The number of hydrogen-bond donors (Lipinski definition) is 0. The molecule has 1 aromatic heterocycles. The van der Waals surface area contributed by atoms with Crippen LogP contribution in [-0.2, 0) is 17.1 Å². The van der Waals surface area contributed by atoms with Crippen molar-refractivity contribution in [2.75, 3.05) is 0 Å². The van der Waals surface area contributed by atoms with E-state index in [1.807, 2.05) is 17.5 Å². The van der Waals surface area contributed by atoms with Crippen molar-refractivity contribution in [1.29, 1.82) is 5.26 Å². The zero-order valence-electron chi connectivity index (χ0n) is 7.89. The Labute approximate surface area is 103 Å². The second-order valence-electron chi connectivity index (χ2n) is 0.731. The van der Waals surface area contributed by atoms with Gasteiger partial charge >= 0.3 is 54.8 Å². The predicted molar refractivity (Wildman–Crippen MR) is 30.3 cm³/mol. The van der Waals surface area contributed by atoms with Crippen LogP contribution in [0.4, 0.5) is 0 Å². The van der Waals surface area contributed by atoms with E-state index in [4.69, 9.17) is 11.8 Å². The molecule has 0 spiro atoms. The summed E-state index contributed by atoms with van der Waals surface area (Å²) in [7, 11) is 0. The summed E-state index contributed by atoms with van der Waals surface area (Å²) in [6.45, 7) is 4.75. The van der Waals surface area contributed by atoms with Crippen LogP contribution < -0.4 is 37.7 Å². The Bertz CT molecular complexity index is 111. The van der Waals surface area contributed by atoms with Crippen molar-refractivity contribution in [3.05, 3.63) is 29.5 Å². The minimum atomic E-state index is 0. The van der Waals surface area contributed by atoms with E-state index in [9.17, 15) is 0 Å². The third-order valence-electron chi connectivity index (χ3n) is 0.379. The normalized spacial score (nSPS) is 4.20. The third-order valence-corrected chi connectivity index (χ3v) is 0.944. The van der Waals surface area contributed by atoms with Gasteiger partial charge in [-0.15, -0.1) is 5.38 Å². The predicted octanol–water partition coefficient (Wildman–Crippen LogP) is -4.12.